The first-order chi connectivity index (χ1) is 9.83. The van der Waals surface area contributed by atoms with Gasteiger partial charge in [0.1, 0.15) is 10.7 Å². The number of nitrogens with one attached hydrogen (secondary N) is 1. The summed E-state index contributed by atoms with van der Waals surface area (Å²) in [5, 5.41) is 4.03. The lowest BCUT2D eigenvalue weighted by atomic mass is 10.2. The van der Waals surface area contributed by atoms with E-state index >= 15 is 0 Å². The summed E-state index contributed by atoms with van der Waals surface area (Å²) in [6.07, 6.45) is 2.93. The summed E-state index contributed by atoms with van der Waals surface area (Å²) >= 11 is 0. The number of aromatic nitrogens is 2. The Bertz CT molecular complexity index is 740. The highest BCUT2D eigenvalue weighted by molar-refractivity contribution is 7.92. The Labute approximate surface area is 122 Å². The molecule has 0 aliphatic heterocycles. The highest BCUT2D eigenvalue weighted by atomic mass is 32.2. The summed E-state index contributed by atoms with van der Waals surface area (Å²) < 4.78 is 42.2. The molecule has 0 atom stereocenters. The summed E-state index contributed by atoms with van der Waals surface area (Å²) in [7, 11) is -4.02. The van der Waals surface area contributed by atoms with E-state index in [2.05, 4.69) is 9.82 Å². The summed E-state index contributed by atoms with van der Waals surface area (Å²) in [6, 6.07) is 3.87. The van der Waals surface area contributed by atoms with E-state index in [9.17, 15) is 12.8 Å². The van der Waals surface area contributed by atoms with Crippen molar-refractivity contribution in [2.24, 2.45) is 5.73 Å². The second-order valence-electron chi connectivity index (χ2n) is 4.88. The van der Waals surface area contributed by atoms with E-state index in [0.29, 0.717) is 5.56 Å². The van der Waals surface area contributed by atoms with Crippen LogP contribution in [0.5, 0.6) is 0 Å². The molecular formula is C13H17FN4O2S. The van der Waals surface area contributed by atoms with E-state index in [1.807, 2.05) is 13.8 Å². The van der Waals surface area contributed by atoms with E-state index in [4.69, 9.17) is 5.73 Å². The van der Waals surface area contributed by atoms with E-state index in [-0.39, 0.29) is 18.3 Å². The van der Waals surface area contributed by atoms with Gasteiger partial charge in [-0.1, -0.05) is 6.07 Å². The summed E-state index contributed by atoms with van der Waals surface area (Å²) in [4.78, 5) is -0.428. The fourth-order valence-electron chi connectivity index (χ4n) is 1.76. The van der Waals surface area contributed by atoms with Gasteiger partial charge in [-0.15, -0.1) is 0 Å². The van der Waals surface area contributed by atoms with Gasteiger partial charge in [0.05, 0.1) is 11.9 Å². The van der Waals surface area contributed by atoms with Gasteiger partial charge in [-0.25, -0.2) is 12.8 Å². The molecule has 0 spiro atoms. The average molecular weight is 312 g/mol. The SMILES string of the molecule is CC(C)n1cc(NS(=O)(=O)c2cc(CN)ccc2F)cn1. The first-order valence-corrected chi connectivity index (χ1v) is 7.87. The molecular weight excluding hydrogens is 295 g/mol. The first kappa shape index (κ1) is 15.5. The Kier molecular flexibility index (Phi) is 4.29. The van der Waals surface area contributed by atoms with Crippen LogP contribution in [0.1, 0.15) is 25.5 Å². The minimum absolute atomic E-state index is 0.0977. The molecule has 2 aromatic rings. The highest BCUT2D eigenvalue weighted by Crippen LogP contribution is 2.20. The molecule has 0 fully saturated rings. The van der Waals surface area contributed by atoms with Crippen molar-refractivity contribution in [3.8, 4) is 0 Å². The van der Waals surface area contributed by atoms with E-state index in [0.717, 1.165) is 6.07 Å². The van der Waals surface area contributed by atoms with E-state index in [1.165, 1.54) is 18.3 Å². The Morgan fingerprint density at radius 1 is 1.43 bits per heavy atom. The molecule has 6 nitrogen and oxygen atoms in total. The molecule has 0 saturated carbocycles. The molecule has 1 heterocycles. The van der Waals surface area contributed by atoms with Crippen LogP contribution in [-0.2, 0) is 16.6 Å². The molecule has 1 aromatic heterocycles. The topological polar surface area (TPSA) is 90.0 Å². The Morgan fingerprint density at radius 3 is 2.71 bits per heavy atom. The quantitative estimate of drug-likeness (QED) is 0.882. The lowest BCUT2D eigenvalue weighted by Gasteiger charge is -2.08. The van der Waals surface area contributed by atoms with Crippen LogP contribution in [0.25, 0.3) is 0 Å². The smallest absolute Gasteiger partial charge is 0.264 e. The second-order valence-corrected chi connectivity index (χ2v) is 6.53. The van der Waals surface area contributed by atoms with Crippen LogP contribution in [0.15, 0.2) is 35.5 Å². The molecule has 2 rings (SSSR count). The van der Waals surface area contributed by atoms with Crippen LogP contribution in [0.2, 0.25) is 0 Å². The average Bonchev–Trinajstić information content (AvgIpc) is 2.87. The van der Waals surface area contributed by atoms with Crippen molar-refractivity contribution in [2.45, 2.75) is 31.3 Å². The zero-order chi connectivity index (χ0) is 15.6. The van der Waals surface area contributed by atoms with Crippen LogP contribution < -0.4 is 10.5 Å². The maximum atomic E-state index is 13.8. The number of anilines is 1. The lowest BCUT2D eigenvalue weighted by Crippen LogP contribution is -2.15. The number of benzene rings is 1. The predicted molar refractivity (Wildman–Crippen MR) is 77.7 cm³/mol. The van der Waals surface area contributed by atoms with Gasteiger partial charge >= 0.3 is 0 Å². The van der Waals surface area contributed by atoms with Gasteiger partial charge < -0.3 is 5.73 Å². The largest absolute Gasteiger partial charge is 0.326 e. The van der Waals surface area contributed by atoms with Crippen molar-refractivity contribution in [2.75, 3.05) is 4.72 Å². The normalized spacial score (nSPS) is 11.9. The molecule has 114 valence electrons. The van der Waals surface area contributed by atoms with Crippen LogP contribution in [-0.4, -0.2) is 18.2 Å². The van der Waals surface area contributed by atoms with Crippen molar-refractivity contribution in [1.82, 2.24) is 9.78 Å². The molecule has 0 bridgehead atoms. The van der Waals surface area contributed by atoms with Gasteiger partial charge in [-0.05, 0) is 31.5 Å². The maximum Gasteiger partial charge on any atom is 0.264 e. The van der Waals surface area contributed by atoms with Gasteiger partial charge in [0.25, 0.3) is 10.0 Å². The van der Waals surface area contributed by atoms with Crippen molar-refractivity contribution in [3.63, 3.8) is 0 Å². The molecule has 0 amide bonds. The molecule has 0 aliphatic carbocycles. The van der Waals surface area contributed by atoms with Gasteiger partial charge in [0.2, 0.25) is 0 Å². The number of nitrogens with two attached hydrogens (primary N) is 1. The minimum atomic E-state index is -4.02. The maximum absolute atomic E-state index is 13.8. The van der Waals surface area contributed by atoms with E-state index in [1.54, 1.807) is 10.9 Å². The number of hydrogen-bond donors (Lipinski definition) is 2. The first-order valence-electron chi connectivity index (χ1n) is 6.39. The number of halogens is 1. The molecule has 8 heteroatoms. The van der Waals surface area contributed by atoms with Crippen LogP contribution in [0.3, 0.4) is 0 Å². The Hall–Kier alpha value is -1.93. The molecule has 3 N–H and O–H groups in total. The Morgan fingerprint density at radius 2 is 2.14 bits per heavy atom. The number of rotatable bonds is 5. The fourth-order valence-corrected chi connectivity index (χ4v) is 2.92. The van der Waals surface area contributed by atoms with Gasteiger partial charge in [0.15, 0.2) is 0 Å². The van der Waals surface area contributed by atoms with E-state index < -0.39 is 20.7 Å². The number of nitrogens with zero attached hydrogens (tertiary/aromatic N) is 2. The monoisotopic (exact) mass is 312 g/mol. The molecule has 1 aromatic carbocycles. The lowest BCUT2D eigenvalue weighted by molar-refractivity contribution is 0.532. The minimum Gasteiger partial charge on any atom is -0.326 e. The zero-order valence-corrected chi connectivity index (χ0v) is 12.6. The molecule has 0 unspecified atom stereocenters. The highest BCUT2D eigenvalue weighted by Gasteiger charge is 2.20. The van der Waals surface area contributed by atoms with Crippen LogP contribution >= 0.6 is 0 Å². The van der Waals surface area contributed by atoms with Gasteiger partial charge in [0, 0.05) is 18.8 Å². The van der Waals surface area contributed by atoms with Crippen molar-refractivity contribution in [1.29, 1.82) is 0 Å². The summed E-state index contributed by atoms with van der Waals surface area (Å²) in [6.45, 7) is 3.96. The standard InChI is InChI=1S/C13H17FN4O2S/c1-9(2)18-8-11(7-16-18)17-21(19,20)13-5-10(6-15)3-4-12(13)14/h3-5,7-9,17H,6,15H2,1-2H3. The number of sulfonamides is 1. The van der Waals surface area contributed by atoms with Crippen molar-refractivity contribution >= 4 is 15.7 Å². The molecule has 0 aliphatic rings. The van der Waals surface area contributed by atoms with Gasteiger partial charge in [-0.3, -0.25) is 9.40 Å². The second kappa shape index (κ2) is 5.82. The van der Waals surface area contributed by atoms with Crippen molar-refractivity contribution < 1.29 is 12.8 Å². The molecule has 0 saturated heterocycles. The summed E-state index contributed by atoms with van der Waals surface area (Å²) in [5.74, 6) is -0.823. The van der Waals surface area contributed by atoms with Gasteiger partial charge in [-0.2, -0.15) is 5.10 Å². The third-order valence-electron chi connectivity index (χ3n) is 2.90. The summed E-state index contributed by atoms with van der Waals surface area (Å²) in [5.41, 5.74) is 6.27. The Balaban J connectivity index is 2.33. The van der Waals surface area contributed by atoms with Crippen molar-refractivity contribution in [3.05, 3.63) is 42.0 Å². The predicted octanol–water partition coefficient (Wildman–Crippen LogP) is 1.86. The third kappa shape index (κ3) is 3.40. The molecule has 0 radical (unpaired) electrons. The molecule has 21 heavy (non-hydrogen) atoms. The number of hydrogen-bond acceptors (Lipinski definition) is 4. The fraction of sp³-hybridized carbons (Fsp3) is 0.308. The zero-order valence-electron chi connectivity index (χ0n) is 11.7. The van der Waals surface area contributed by atoms with Crippen LogP contribution in [0, 0.1) is 5.82 Å². The van der Waals surface area contributed by atoms with Crippen LogP contribution in [0.4, 0.5) is 10.1 Å². The third-order valence-corrected chi connectivity index (χ3v) is 4.30.